The van der Waals surface area contributed by atoms with E-state index in [0.717, 1.165) is 12.8 Å². The number of ether oxygens (including phenoxy) is 1. The first kappa shape index (κ1) is 14.1. The van der Waals surface area contributed by atoms with E-state index in [0.29, 0.717) is 5.75 Å². The van der Waals surface area contributed by atoms with Crippen molar-refractivity contribution >= 4 is 11.8 Å². The molecule has 20 heavy (non-hydrogen) atoms. The highest BCUT2D eigenvalue weighted by molar-refractivity contribution is 5.85. The van der Waals surface area contributed by atoms with Crippen molar-refractivity contribution in [1.82, 2.24) is 5.32 Å². The van der Waals surface area contributed by atoms with Gasteiger partial charge >= 0.3 is 0 Å². The monoisotopic (exact) mass is 274 g/mol. The molecule has 0 atom stereocenters. The molecule has 3 N–H and O–H groups in total. The Kier molecular flexibility index (Phi) is 4.76. The number of benzene rings is 1. The van der Waals surface area contributed by atoms with Crippen LogP contribution in [0.15, 0.2) is 30.4 Å². The van der Waals surface area contributed by atoms with Crippen molar-refractivity contribution in [3.05, 3.63) is 41.5 Å². The number of rotatable bonds is 6. The van der Waals surface area contributed by atoms with E-state index in [1.54, 1.807) is 0 Å². The van der Waals surface area contributed by atoms with Crippen LogP contribution in [-0.4, -0.2) is 25.0 Å². The molecule has 0 aliphatic heterocycles. The molecule has 0 radical (unpaired) electrons. The maximum atomic E-state index is 11.5. The van der Waals surface area contributed by atoms with E-state index in [1.807, 2.05) is 12.1 Å². The number of fused-ring (bicyclic) bond motifs is 1. The predicted octanol–water partition coefficient (Wildman–Crippen LogP) is 0.712. The maximum absolute atomic E-state index is 11.5. The van der Waals surface area contributed by atoms with E-state index in [2.05, 4.69) is 11.4 Å². The lowest BCUT2D eigenvalue weighted by atomic mass is 10.1. The third-order valence-corrected chi connectivity index (χ3v) is 3.14. The molecule has 0 bridgehead atoms. The van der Waals surface area contributed by atoms with Crippen molar-refractivity contribution in [1.29, 1.82) is 0 Å². The fraction of sp³-hybridized carbons (Fsp3) is 0.333. The summed E-state index contributed by atoms with van der Waals surface area (Å²) in [6.07, 6.45) is 6.10. The van der Waals surface area contributed by atoms with Crippen LogP contribution in [0.1, 0.15) is 17.5 Å². The number of nitrogens with one attached hydrogen (secondary N) is 1. The molecule has 1 aromatic carbocycles. The minimum atomic E-state index is -0.534. The zero-order chi connectivity index (χ0) is 14.4. The smallest absolute Gasteiger partial charge is 0.258 e. The molecule has 1 aromatic rings. The fourth-order valence-corrected chi connectivity index (χ4v) is 2.19. The normalized spacial score (nSPS) is 13.2. The quantitative estimate of drug-likeness (QED) is 0.750. The Morgan fingerprint density at radius 2 is 2.10 bits per heavy atom. The first-order valence-electron chi connectivity index (χ1n) is 6.62. The Hall–Kier alpha value is -2.30. The number of aryl methyl sites for hydroxylation is 2. The van der Waals surface area contributed by atoms with E-state index < -0.39 is 5.91 Å². The molecule has 0 heterocycles. The lowest BCUT2D eigenvalue weighted by Gasteiger charge is -2.08. The summed E-state index contributed by atoms with van der Waals surface area (Å²) in [5, 5.41) is 2.60. The number of carbonyl (C=O) groups excluding carboxylic acids is 2. The topological polar surface area (TPSA) is 81.4 Å². The summed E-state index contributed by atoms with van der Waals surface area (Å²) in [6, 6.07) is 5.96. The average molecular weight is 274 g/mol. The van der Waals surface area contributed by atoms with Gasteiger partial charge in [-0.15, -0.1) is 0 Å². The van der Waals surface area contributed by atoms with Gasteiger partial charge in [-0.25, -0.2) is 0 Å². The van der Waals surface area contributed by atoms with Crippen LogP contribution in [0.3, 0.4) is 0 Å². The number of hydrogen-bond donors (Lipinski definition) is 2. The summed E-state index contributed by atoms with van der Waals surface area (Å²) in [5.41, 5.74) is 7.61. The highest BCUT2D eigenvalue weighted by Crippen LogP contribution is 2.25. The van der Waals surface area contributed by atoms with Crippen LogP contribution in [0.5, 0.6) is 5.75 Å². The molecule has 1 aliphatic rings. The molecule has 5 nitrogen and oxygen atoms in total. The highest BCUT2D eigenvalue weighted by Gasteiger charge is 2.11. The van der Waals surface area contributed by atoms with Gasteiger partial charge in [-0.05, 0) is 42.5 Å². The molecule has 0 saturated heterocycles. The fourth-order valence-electron chi connectivity index (χ4n) is 2.19. The summed E-state index contributed by atoms with van der Waals surface area (Å²) >= 11 is 0. The van der Waals surface area contributed by atoms with Gasteiger partial charge in [-0.3, -0.25) is 9.59 Å². The van der Waals surface area contributed by atoms with Gasteiger partial charge in [0, 0.05) is 12.6 Å². The first-order chi connectivity index (χ1) is 9.65. The summed E-state index contributed by atoms with van der Waals surface area (Å²) in [6.45, 7) is 0.221. The van der Waals surface area contributed by atoms with Gasteiger partial charge in [0.05, 0.1) is 0 Å². The number of amides is 2. The lowest BCUT2D eigenvalue weighted by Crippen LogP contribution is -2.29. The van der Waals surface area contributed by atoms with Crippen molar-refractivity contribution in [3.63, 3.8) is 0 Å². The zero-order valence-corrected chi connectivity index (χ0v) is 11.2. The van der Waals surface area contributed by atoms with Crippen LogP contribution in [-0.2, 0) is 22.4 Å². The number of hydrogen-bond acceptors (Lipinski definition) is 3. The Bertz CT molecular complexity index is 538. The van der Waals surface area contributed by atoms with Crippen molar-refractivity contribution in [3.8, 4) is 5.75 Å². The summed E-state index contributed by atoms with van der Waals surface area (Å²) in [7, 11) is 0. The van der Waals surface area contributed by atoms with E-state index in [4.69, 9.17) is 10.5 Å². The molecular weight excluding hydrogens is 256 g/mol. The molecule has 0 spiro atoms. The Balaban J connectivity index is 1.74. The number of nitrogens with two attached hydrogens (primary N) is 1. The molecule has 0 aromatic heterocycles. The molecule has 2 amide bonds. The molecular formula is C15H18N2O3. The van der Waals surface area contributed by atoms with Crippen LogP contribution in [0, 0.1) is 0 Å². The summed E-state index contributed by atoms with van der Waals surface area (Å²) in [5.74, 6) is -0.0539. The Morgan fingerprint density at radius 1 is 1.30 bits per heavy atom. The highest BCUT2D eigenvalue weighted by atomic mass is 16.5. The standard InChI is InChI=1S/C15H18N2O3/c16-14(18)5-2-8-17-15(19)10-20-13-7-6-11-3-1-4-12(11)9-13/h2,5-7,9H,1,3-4,8,10H2,(H2,16,18)(H,17,19)/b5-2+. The largest absolute Gasteiger partial charge is 0.484 e. The third kappa shape index (κ3) is 4.12. The maximum Gasteiger partial charge on any atom is 0.258 e. The molecule has 106 valence electrons. The second kappa shape index (κ2) is 6.75. The minimum Gasteiger partial charge on any atom is -0.484 e. The van der Waals surface area contributed by atoms with Gasteiger partial charge in [0.25, 0.3) is 5.91 Å². The van der Waals surface area contributed by atoms with Crippen molar-refractivity contribution < 1.29 is 14.3 Å². The Labute approximate surface area is 117 Å². The first-order valence-corrected chi connectivity index (χ1v) is 6.62. The molecule has 0 unspecified atom stereocenters. The van der Waals surface area contributed by atoms with Gasteiger partial charge in [0.2, 0.25) is 5.91 Å². The second-order valence-electron chi connectivity index (χ2n) is 4.68. The Morgan fingerprint density at radius 3 is 2.90 bits per heavy atom. The lowest BCUT2D eigenvalue weighted by molar-refractivity contribution is -0.123. The number of primary amides is 1. The minimum absolute atomic E-state index is 0.0385. The van der Waals surface area contributed by atoms with Gasteiger partial charge < -0.3 is 15.8 Å². The van der Waals surface area contributed by atoms with Crippen LogP contribution in [0.4, 0.5) is 0 Å². The van der Waals surface area contributed by atoms with E-state index in [1.165, 1.54) is 29.7 Å². The van der Waals surface area contributed by atoms with Gasteiger partial charge in [0.15, 0.2) is 6.61 Å². The van der Waals surface area contributed by atoms with Crippen LogP contribution in [0.25, 0.3) is 0 Å². The zero-order valence-electron chi connectivity index (χ0n) is 11.2. The van der Waals surface area contributed by atoms with E-state index in [-0.39, 0.29) is 19.1 Å². The van der Waals surface area contributed by atoms with Crippen LogP contribution >= 0.6 is 0 Å². The number of carbonyl (C=O) groups is 2. The van der Waals surface area contributed by atoms with E-state index in [9.17, 15) is 9.59 Å². The SMILES string of the molecule is NC(=O)/C=C/CNC(=O)COc1ccc2c(c1)CCC2. The van der Waals surface area contributed by atoms with Gasteiger partial charge in [0.1, 0.15) is 5.75 Å². The van der Waals surface area contributed by atoms with Crippen molar-refractivity contribution in [2.24, 2.45) is 5.73 Å². The molecule has 0 fully saturated rings. The van der Waals surface area contributed by atoms with Crippen molar-refractivity contribution in [2.45, 2.75) is 19.3 Å². The molecule has 5 heteroatoms. The molecule has 1 aliphatic carbocycles. The third-order valence-electron chi connectivity index (χ3n) is 3.14. The predicted molar refractivity (Wildman–Crippen MR) is 75.3 cm³/mol. The van der Waals surface area contributed by atoms with Crippen LogP contribution in [0.2, 0.25) is 0 Å². The average Bonchev–Trinajstić information content (AvgIpc) is 2.88. The summed E-state index contributed by atoms with van der Waals surface area (Å²) < 4.78 is 5.44. The van der Waals surface area contributed by atoms with Gasteiger partial charge in [-0.1, -0.05) is 12.1 Å². The van der Waals surface area contributed by atoms with Crippen LogP contribution < -0.4 is 15.8 Å². The molecule has 2 rings (SSSR count). The second-order valence-corrected chi connectivity index (χ2v) is 4.68. The van der Waals surface area contributed by atoms with Crippen molar-refractivity contribution in [2.75, 3.05) is 13.2 Å². The summed E-state index contributed by atoms with van der Waals surface area (Å²) in [4.78, 5) is 22.0. The molecule has 0 saturated carbocycles. The van der Waals surface area contributed by atoms with E-state index >= 15 is 0 Å². The van der Waals surface area contributed by atoms with Gasteiger partial charge in [-0.2, -0.15) is 0 Å².